The zero-order valence-corrected chi connectivity index (χ0v) is 7.65. The van der Waals surface area contributed by atoms with Crippen molar-refractivity contribution < 1.29 is 13.3 Å². The molecule has 0 saturated carbocycles. The van der Waals surface area contributed by atoms with Crippen molar-refractivity contribution in [1.82, 2.24) is 0 Å². The predicted molar refractivity (Wildman–Crippen MR) is 43.9 cm³/mol. The zero-order valence-electron chi connectivity index (χ0n) is 6.84. The Balaban J connectivity index is 2.53. The van der Waals surface area contributed by atoms with Crippen LogP contribution in [-0.4, -0.2) is 33.0 Å². The van der Waals surface area contributed by atoms with Crippen molar-refractivity contribution in [3.8, 4) is 0 Å². The molecule has 0 radical (unpaired) electrons. The van der Waals surface area contributed by atoms with Gasteiger partial charge in [0.05, 0.1) is 18.3 Å². The quantitative estimate of drug-likeness (QED) is 0.515. The first-order valence-corrected chi connectivity index (χ1v) is 5.81. The van der Waals surface area contributed by atoms with Gasteiger partial charge in [-0.2, -0.15) is 7.05 Å². The molecule has 0 aliphatic carbocycles. The lowest BCUT2D eigenvalue weighted by atomic mass is 10.1. The number of piperidine rings is 1. The van der Waals surface area contributed by atoms with Crippen molar-refractivity contribution in [3.05, 3.63) is 7.05 Å². The van der Waals surface area contributed by atoms with Gasteiger partial charge in [0.25, 0.3) is 0 Å². The van der Waals surface area contributed by atoms with Gasteiger partial charge in [0.2, 0.25) is 0 Å². The first-order chi connectivity index (χ1) is 5.00. The van der Waals surface area contributed by atoms with E-state index in [1.54, 1.807) is 0 Å². The summed E-state index contributed by atoms with van der Waals surface area (Å²) in [6.45, 7) is 1.77. The van der Waals surface area contributed by atoms with Gasteiger partial charge in [0.1, 0.15) is 0 Å². The Labute approximate surface area is 68.3 Å². The lowest BCUT2D eigenvalue weighted by molar-refractivity contribution is -0.858. The molecule has 0 spiro atoms. The van der Waals surface area contributed by atoms with Crippen LogP contribution in [0.15, 0.2) is 0 Å². The maximum Gasteiger partial charge on any atom is 0.150 e. The van der Waals surface area contributed by atoms with Crippen LogP contribution in [0.25, 0.3) is 0 Å². The molecule has 0 unspecified atom stereocenters. The number of hydrogen-bond acceptors (Lipinski definition) is 2. The summed E-state index contributed by atoms with van der Waals surface area (Å²) in [5.74, 6) is 0. The van der Waals surface area contributed by atoms with Crippen molar-refractivity contribution in [3.63, 3.8) is 0 Å². The van der Waals surface area contributed by atoms with E-state index in [4.69, 9.17) is 0 Å². The molecule has 0 amide bonds. The summed E-state index contributed by atoms with van der Waals surface area (Å²) >= 11 is 0. The highest BCUT2D eigenvalue weighted by atomic mass is 32.2. The van der Waals surface area contributed by atoms with E-state index in [9.17, 15) is 8.42 Å². The molecule has 1 rings (SSSR count). The van der Waals surface area contributed by atoms with E-state index in [2.05, 4.69) is 7.05 Å². The van der Waals surface area contributed by atoms with Crippen LogP contribution in [-0.2, 0) is 9.84 Å². The van der Waals surface area contributed by atoms with Gasteiger partial charge in [-0.15, -0.1) is 0 Å². The number of likely N-dealkylation sites (tertiary alicyclic amines) is 1. The van der Waals surface area contributed by atoms with Crippen LogP contribution >= 0.6 is 0 Å². The molecule has 0 bridgehead atoms. The largest absolute Gasteiger partial charge is 0.468 e. The lowest BCUT2D eigenvalue weighted by Crippen LogP contribution is -3.08. The minimum absolute atomic E-state index is 0.104. The smallest absolute Gasteiger partial charge is 0.150 e. The van der Waals surface area contributed by atoms with E-state index in [-0.39, 0.29) is 5.25 Å². The first kappa shape index (κ1) is 9.00. The summed E-state index contributed by atoms with van der Waals surface area (Å²) in [5.41, 5.74) is 0. The first-order valence-electron chi connectivity index (χ1n) is 3.85. The van der Waals surface area contributed by atoms with E-state index in [1.165, 1.54) is 11.2 Å². The fourth-order valence-electron chi connectivity index (χ4n) is 1.43. The molecule has 1 saturated heterocycles. The fourth-order valence-corrected chi connectivity index (χ4v) is 2.52. The third-order valence-corrected chi connectivity index (χ3v) is 3.93. The van der Waals surface area contributed by atoms with Crippen LogP contribution in [0.2, 0.25) is 0 Å². The Morgan fingerprint density at radius 1 is 1.36 bits per heavy atom. The second kappa shape index (κ2) is 3.11. The minimum atomic E-state index is -2.79. The molecule has 1 fully saturated rings. The third kappa shape index (κ3) is 2.45. The number of nitrogens with one attached hydrogen (secondary N) is 1. The van der Waals surface area contributed by atoms with Crippen molar-refractivity contribution in [1.29, 1.82) is 0 Å². The van der Waals surface area contributed by atoms with Gasteiger partial charge in [0, 0.05) is 19.1 Å². The molecule has 4 heteroatoms. The monoisotopic (exact) mass is 177 g/mol. The van der Waals surface area contributed by atoms with Gasteiger partial charge in [-0.3, -0.25) is 0 Å². The van der Waals surface area contributed by atoms with Gasteiger partial charge in [-0.05, 0) is 0 Å². The topological polar surface area (TPSA) is 38.6 Å². The minimum Gasteiger partial charge on any atom is -0.468 e. The van der Waals surface area contributed by atoms with Crippen molar-refractivity contribution in [2.45, 2.75) is 18.1 Å². The maximum atomic E-state index is 11.1. The summed E-state index contributed by atoms with van der Waals surface area (Å²) in [6, 6.07) is 0. The Hall–Kier alpha value is -0.0900. The van der Waals surface area contributed by atoms with Crippen molar-refractivity contribution in [2.75, 3.05) is 19.3 Å². The molecule has 1 heterocycles. The summed E-state index contributed by atoms with van der Waals surface area (Å²) in [6.07, 6.45) is 2.88. The molecule has 1 aliphatic rings. The second-order valence-corrected chi connectivity index (χ2v) is 5.60. The van der Waals surface area contributed by atoms with Gasteiger partial charge in [0.15, 0.2) is 9.84 Å². The van der Waals surface area contributed by atoms with Crippen LogP contribution < -0.4 is 4.90 Å². The number of quaternary nitrogens is 1. The summed E-state index contributed by atoms with van der Waals surface area (Å²) < 4.78 is 22.1. The summed E-state index contributed by atoms with van der Waals surface area (Å²) in [5, 5.41) is -0.104. The third-order valence-electron chi connectivity index (χ3n) is 2.25. The molecule has 11 heavy (non-hydrogen) atoms. The molecule has 1 aliphatic heterocycles. The van der Waals surface area contributed by atoms with Crippen LogP contribution in [0.3, 0.4) is 0 Å². The van der Waals surface area contributed by atoms with E-state index < -0.39 is 9.84 Å². The average molecular weight is 177 g/mol. The van der Waals surface area contributed by atoms with E-state index in [1.807, 2.05) is 0 Å². The van der Waals surface area contributed by atoms with Crippen molar-refractivity contribution >= 4 is 9.84 Å². The molecular weight excluding hydrogens is 162 g/mol. The van der Waals surface area contributed by atoms with E-state index >= 15 is 0 Å². The van der Waals surface area contributed by atoms with E-state index in [0.29, 0.717) is 0 Å². The SMILES string of the molecule is [CH2-][NH+]1CCC(S(C)(=O)=O)CC1. The van der Waals surface area contributed by atoms with E-state index in [0.717, 1.165) is 25.9 Å². The predicted octanol–water partition coefficient (Wildman–Crippen LogP) is -1.13. The maximum absolute atomic E-state index is 11.1. The molecule has 66 valence electrons. The molecule has 0 aromatic heterocycles. The van der Waals surface area contributed by atoms with Crippen LogP contribution in [0.4, 0.5) is 0 Å². The highest BCUT2D eigenvalue weighted by molar-refractivity contribution is 7.91. The average Bonchev–Trinajstić information content (AvgIpc) is 1.86. The second-order valence-electron chi connectivity index (χ2n) is 3.28. The summed E-state index contributed by atoms with van der Waals surface area (Å²) in [7, 11) is 1.05. The molecule has 0 aromatic carbocycles. The highest BCUT2D eigenvalue weighted by Gasteiger charge is 2.25. The molecule has 1 N–H and O–H groups in total. The standard InChI is InChI=1S/C7H15NO2S/c1-8-5-3-7(4-6-8)11(2,9)10/h7-8H,1,3-6H2,2H3. The van der Waals surface area contributed by atoms with Gasteiger partial charge < -0.3 is 4.90 Å². The van der Waals surface area contributed by atoms with Crippen molar-refractivity contribution in [2.24, 2.45) is 0 Å². The fraction of sp³-hybridized carbons (Fsp3) is 0.857. The Bertz CT molecular complexity index is 215. The van der Waals surface area contributed by atoms with Gasteiger partial charge in [-0.1, -0.05) is 0 Å². The Morgan fingerprint density at radius 2 is 1.82 bits per heavy atom. The lowest BCUT2D eigenvalue weighted by Gasteiger charge is -2.29. The molecular formula is C7H15NO2S. The molecule has 3 nitrogen and oxygen atoms in total. The molecule has 0 atom stereocenters. The number of rotatable bonds is 1. The molecule has 0 aromatic rings. The summed E-state index contributed by atoms with van der Waals surface area (Å²) in [4.78, 5) is 1.20. The number of sulfone groups is 1. The normalized spacial score (nSPS) is 33.6. The van der Waals surface area contributed by atoms with Crippen LogP contribution in [0, 0.1) is 7.05 Å². The number of hydrogen-bond donors (Lipinski definition) is 1. The van der Waals surface area contributed by atoms with Crippen LogP contribution in [0.1, 0.15) is 12.8 Å². The van der Waals surface area contributed by atoms with Crippen LogP contribution in [0.5, 0.6) is 0 Å². The Morgan fingerprint density at radius 3 is 2.18 bits per heavy atom. The highest BCUT2D eigenvalue weighted by Crippen LogP contribution is 2.09. The van der Waals surface area contributed by atoms with Gasteiger partial charge in [-0.25, -0.2) is 8.42 Å². The zero-order chi connectivity index (χ0) is 8.48. The van der Waals surface area contributed by atoms with Gasteiger partial charge >= 0.3 is 0 Å². The Kier molecular flexibility index (Phi) is 2.54.